The van der Waals surface area contributed by atoms with E-state index in [4.69, 9.17) is 4.74 Å². The van der Waals surface area contributed by atoms with Gasteiger partial charge >= 0.3 is 0 Å². The van der Waals surface area contributed by atoms with Gasteiger partial charge in [-0.15, -0.1) is 0 Å². The first-order valence-corrected chi connectivity index (χ1v) is 5.28. The highest BCUT2D eigenvalue weighted by atomic mass is 19.1. The van der Waals surface area contributed by atoms with Gasteiger partial charge in [-0.1, -0.05) is 12.1 Å². The molecule has 0 bridgehead atoms. The first kappa shape index (κ1) is 10.4. The van der Waals surface area contributed by atoms with E-state index >= 15 is 0 Å². The standard InChI is InChI=1S/C12H15FO2/c1-8-4-2-7-11(12(8)13)15-10-6-3-5-9(10)14/h2,4,7,9-10,14H,3,5-6H2,1H3/t9-,10-/m1/s1. The molecule has 0 spiro atoms. The van der Waals surface area contributed by atoms with E-state index in [1.54, 1.807) is 25.1 Å². The summed E-state index contributed by atoms with van der Waals surface area (Å²) < 4.78 is 19.0. The van der Waals surface area contributed by atoms with Gasteiger partial charge in [-0.05, 0) is 37.8 Å². The van der Waals surface area contributed by atoms with Crippen molar-refractivity contribution in [3.05, 3.63) is 29.6 Å². The zero-order chi connectivity index (χ0) is 10.8. The van der Waals surface area contributed by atoms with Gasteiger partial charge in [0, 0.05) is 0 Å². The lowest BCUT2D eigenvalue weighted by molar-refractivity contribution is 0.0578. The third-order valence-corrected chi connectivity index (χ3v) is 2.85. The van der Waals surface area contributed by atoms with Gasteiger partial charge in [0.1, 0.15) is 6.10 Å². The minimum atomic E-state index is -0.454. The van der Waals surface area contributed by atoms with Crippen LogP contribution in [-0.2, 0) is 0 Å². The zero-order valence-corrected chi connectivity index (χ0v) is 8.74. The van der Waals surface area contributed by atoms with E-state index in [1.807, 2.05) is 0 Å². The fourth-order valence-electron chi connectivity index (χ4n) is 1.92. The summed E-state index contributed by atoms with van der Waals surface area (Å²) in [5, 5.41) is 9.56. The molecular formula is C12H15FO2. The number of rotatable bonds is 2. The molecule has 0 aliphatic heterocycles. The van der Waals surface area contributed by atoms with Crippen LogP contribution in [0.3, 0.4) is 0 Å². The molecule has 1 aliphatic carbocycles. The van der Waals surface area contributed by atoms with Crippen LogP contribution in [0.5, 0.6) is 5.75 Å². The molecule has 0 aromatic heterocycles. The van der Waals surface area contributed by atoms with Gasteiger partial charge in [-0.2, -0.15) is 0 Å². The number of halogens is 1. The Morgan fingerprint density at radius 3 is 2.87 bits per heavy atom. The van der Waals surface area contributed by atoms with Crippen LogP contribution in [0.15, 0.2) is 18.2 Å². The molecule has 2 rings (SSSR count). The quantitative estimate of drug-likeness (QED) is 0.812. The highest BCUT2D eigenvalue weighted by Crippen LogP contribution is 2.27. The molecule has 82 valence electrons. The van der Waals surface area contributed by atoms with Crippen LogP contribution in [0.2, 0.25) is 0 Å². The summed E-state index contributed by atoms with van der Waals surface area (Å²) in [4.78, 5) is 0. The molecule has 1 fully saturated rings. The molecule has 1 aromatic carbocycles. The van der Waals surface area contributed by atoms with Gasteiger partial charge in [0.25, 0.3) is 0 Å². The summed E-state index contributed by atoms with van der Waals surface area (Å²) in [5.74, 6) is -0.0717. The molecule has 15 heavy (non-hydrogen) atoms. The molecular weight excluding hydrogens is 195 g/mol. The van der Waals surface area contributed by atoms with E-state index in [1.165, 1.54) is 0 Å². The Bertz CT molecular complexity index is 351. The molecule has 1 aliphatic rings. The topological polar surface area (TPSA) is 29.5 Å². The summed E-state index contributed by atoms with van der Waals surface area (Å²) >= 11 is 0. The van der Waals surface area contributed by atoms with E-state index < -0.39 is 6.10 Å². The van der Waals surface area contributed by atoms with Crippen LogP contribution in [0.1, 0.15) is 24.8 Å². The molecule has 0 saturated heterocycles. The predicted molar refractivity (Wildman–Crippen MR) is 55.4 cm³/mol. The minimum absolute atomic E-state index is 0.249. The number of hydrogen-bond donors (Lipinski definition) is 1. The highest BCUT2D eigenvalue weighted by Gasteiger charge is 2.27. The first-order valence-electron chi connectivity index (χ1n) is 5.28. The highest BCUT2D eigenvalue weighted by molar-refractivity contribution is 5.30. The van der Waals surface area contributed by atoms with Crippen molar-refractivity contribution in [2.45, 2.75) is 38.4 Å². The summed E-state index contributed by atoms with van der Waals surface area (Å²) in [6.07, 6.45) is 1.79. The van der Waals surface area contributed by atoms with Crippen LogP contribution in [-0.4, -0.2) is 17.3 Å². The van der Waals surface area contributed by atoms with E-state index in [2.05, 4.69) is 0 Å². The molecule has 0 amide bonds. The van der Waals surface area contributed by atoms with Crippen molar-refractivity contribution >= 4 is 0 Å². The molecule has 0 radical (unpaired) electrons. The molecule has 1 N–H and O–H groups in total. The summed E-state index contributed by atoms with van der Waals surface area (Å²) in [6, 6.07) is 5.07. The van der Waals surface area contributed by atoms with Crippen LogP contribution in [0, 0.1) is 12.7 Å². The average molecular weight is 210 g/mol. The van der Waals surface area contributed by atoms with Crippen molar-refractivity contribution in [3.63, 3.8) is 0 Å². The van der Waals surface area contributed by atoms with Crippen molar-refractivity contribution in [2.75, 3.05) is 0 Å². The fourth-order valence-corrected chi connectivity index (χ4v) is 1.92. The van der Waals surface area contributed by atoms with Crippen molar-refractivity contribution in [1.29, 1.82) is 0 Å². The summed E-state index contributed by atoms with van der Waals surface area (Å²) in [7, 11) is 0. The van der Waals surface area contributed by atoms with Crippen LogP contribution >= 0.6 is 0 Å². The normalized spacial score (nSPS) is 25.5. The van der Waals surface area contributed by atoms with Crippen LogP contribution in [0.4, 0.5) is 4.39 Å². The maximum absolute atomic E-state index is 13.6. The monoisotopic (exact) mass is 210 g/mol. The van der Waals surface area contributed by atoms with Crippen LogP contribution < -0.4 is 4.74 Å². The van der Waals surface area contributed by atoms with Gasteiger partial charge in [0.05, 0.1) is 6.10 Å². The Morgan fingerprint density at radius 1 is 1.40 bits per heavy atom. The Kier molecular flexibility index (Phi) is 2.91. The number of aliphatic hydroxyl groups excluding tert-OH is 1. The number of hydrogen-bond acceptors (Lipinski definition) is 2. The van der Waals surface area contributed by atoms with Gasteiger partial charge in [0.15, 0.2) is 11.6 Å². The lowest BCUT2D eigenvalue weighted by Crippen LogP contribution is -2.26. The van der Waals surface area contributed by atoms with Crippen molar-refractivity contribution in [3.8, 4) is 5.75 Å². The van der Waals surface area contributed by atoms with E-state index in [9.17, 15) is 9.50 Å². The van der Waals surface area contributed by atoms with Gasteiger partial charge in [0.2, 0.25) is 0 Å². The predicted octanol–water partition coefficient (Wildman–Crippen LogP) is 2.43. The SMILES string of the molecule is Cc1cccc(O[C@@H]2CCC[C@H]2O)c1F. The van der Waals surface area contributed by atoms with Crippen molar-refractivity contribution < 1.29 is 14.2 Å². The molecule has 0 unspecified atom stereocenters. The van der Waals surface area contributed by atoms with Crippen molar-refractivity contribution in [1.82, 2.24) is 0 Å². The maximum Gasteiger partial charge on any atom is 0.167 e. The van der Waals surface area contributed by atoms with Gasteiger partial charge < -0.3 is 9.84 Å². The third kappa shape index (κ3) is 2.12. The zero-order valence-electron chi connectivity index (χ0n) is 8.74. The van der Waals surface area contributed by atoms with Gasteiger partial charge in [-0.3, -0.25) is 0 Å². The van der Waals surface area contributed by atoms with Crippen LogP contribution in [0.25, 0.3) is 0 Å². The summed E-state index contributed by atoms with van der Waals surface area (Å²) in [6.45, 7) is 1.70. The van der Waals surface area contributed by atoms with Gasteiger partial charge in [-0.25, -0.2) is 4.39 Å². The number of benzene rings is 1. The molecule has 2 nitrogen and oxygen atoms in total. The number of ether oxygens (including phenoxy) is 1. The summed E-state index contributed by atoms with van der Waals surface area (Å²) in [5.41, 5.74) is 0.569. The Balaban J connectivity index is 2.13. The Morgan fingerprint density at radius 2 is 2.20 bits per heavy atom. The third-order valence-electron chi connectivity index (χ3n) is 2.85. The lowest BCUT2D eigenvalue weighted by atomic mass is 10.2. The first-order chi connectivity index (χ1) is 7.18. The molecule has 2 atom stereocenters. The number of aliphatic hydroxyl groups is 1. The molecule has 1 aromatic rings. The smallest absolute Gasteiger partial charge is 0.167 e. The second-order valence-electron chi connectivity index (χ2n) is 4.04. The molecule has 3 heteroatoms. The Hall–Kier alpha value is -1.09. The maximum atomic E-state index is 13.6. The minimum Gasteiger partial charge on any atom is -0.485 e. The second kappa shape index (κ2) is 4.19. The molecule has 0 heterocycles. The number of aryl methyl sites for hydroxylation is 1. The second-order valence-corrected chi connectivity index (χ2v) is 4.04. The van der Waals surface area contributed by atoms with E-state index in [0.717, 1.165) is 19.3 Å². The van der Waals surface area contributed by atoms with Crippen molar-refractivity contribution in [2.24, 2.45) is 0 Å². The van der Waals surface area contributed by atoms with E-state index in [-0.39, 0.29) is 17.7 Å². The van der Waals surface area contributed by atoms with E-state index in [0.29, 0.717) is 5.56 Å². The lowest BCUT2D eigenvalue weighted by Gasteiger charge is -2.17. The largest absolute Gasteiger partial charge is 0.485 e. The fraction of sp³-hybridized carbons (Fsp3) is 0.500. The Labute approximate surface area is 88.7 Å². The average Bonchev–Trinajstić information content (AvgIpc) is 2.60. The molecule has 1 saturated carbocycles.